The first-order valence-corrected chi connectivity index (χ1v) is 5.82. The molecule has 0 fully saturated rings. The van der Waals surface area contributed by atoms with Crippen molar-refractivity contribution in [2.75, 3.05) is 0 Å². The van der Waals surface area contributed by atoms with Crippen LogP contribution in [0.4, 0.5) is 0 Å². The second-order valence-corrected chi connectivity index (χ2v) is 3.88. The molecule has 0 atom stereocenters. The average molecular weight is 305 g/mol. The summed E-state index contributed by atoms with van der Waals surface area (Å²) in [6.45, 7) is 0. The van der Waals surface area contributed by atoms with Crippen LogP contribution in [0.25, 0.3) is 0 Å². The molecule has 11 heavy (non-hydrogen) atoms. The van der Waals surface area contributed by atoms with Gasteiger partial charge in [0.25, 0.3) is 0 Å². The Morgan fingerprint density at radius 3 is 2.36 bits per heavy atom. The largest absolute Gasteiger partial charge is 1.00 e. The molecule has 0 bridgehead atoms. The summed E-state index contributed by atoms with van der Waals surface area (Å²) in [6.07, 6.45) is 0. The van der Waals surface area contributed by atoms with E-state index in [-0.39, 0.29) is 17.0 Å². The fourth-order valence-corrected chi connectivity index (χ4v) is 2.34. The summed E-state index contributed by atoms with van der Waals surface area (Å²) < 4.78 is 0. The molecule has 4 heteroatoms. The molecule has 0 nitrogen and oxygen atoms in total. The molecule has 0 spiro atoms. The van der Waals surface area contributed by atoms with Gasteiger partial charge in [-0.2, -0.15) is 0 Å². The van der Waals surface area contributed by atoms with E-state index in [1.165, 1.54) is 18.3 Å². The van der Waals surface area contributed by atoms with Crippen LogP contribution < -0.4 is 17.0 Å². The third kappa shape index (κ3) is 3.42. The molecule has 56 valence electrons. The maximum absolute atomic E-state index is 5.86. The van der Waals surface area contributed by atoms with Crippen LogP contribution in [0.1, 0.15) is 5.56 Å². The van der Waals surface area contributed by atoms with Crippen LogP contribution in [0.15, 0.2) is 18.2 Å². The minimum absolute atomic E-state index is 0. The molecule has 1 aromatic carbocycles. The second kappa shape index (κ2) is 5.53. The van der Waals surface area contributed by atoms with Crippen molar-refractivity contribution in [1.29, 1.82) is 0 Å². The first-order valence-electron chi connectivity index (χ1n) is 2.97. The molecular formula is C7H5BrCl2Zn. The zero-order valence-corrected chi connectivity index (χ0v) is 11.8. The molecule has 0 aliphatic heterocycles. The molecule has 0 heterocycles. The maximum atomic E-state index is 5.86. The van der Waals surface area contributed by atoms with Crippen molar-refractivity contribution in [1.82, 2.24) is 0 Å². The Morgan fingerprint density at radius 2 is 1.91 bits per heavy atom. The number of halogens is 3. The molecular weight excluding hydrogens is 300 g/mol. The minimum atomic E-state index is 0. The zero-order valence-electron chi connectivity index (χ0n) is 5.78. The average Bonchev–Trinajstić information content (AvgIpc) is 1.94. The molecule has 0 aromatic heterocycles. The van der Waals surface area contributed by atoms with Crippen LogP contribution in [0.5, 0.6) is 0 Å². The predicted octanol–water partition coefficient (Wildman–Crippen LogP) is 0.0442. The van der Waals surface area contributed by atoms with Crippen LogP contribution in [0.3, 0.4) is 0 Å². The van der Waals surface area contributed by atoms with Gasteiger partial charge in [-0.05, 0) is 0 Å². The van der Waals surface area contributed by atoms with Crippen molar-refractivity contribution in [2.24, 2.45) is 0 Å². The van der Waals surface area contributed by atoms with Gasteiger partial charge in [0.1, 0.15) is 0 Å². The quantitative estimate of drug-likeness (QED) is 0.643. The van der Waals surface area contributed by atoms with Gasteiger partial charge in [-0.3, -0.25) is 0 Å². The Labute approximate surface area is 96.7 Å². The second-order valence-electron chi connectivity index (χ2n) is 1.99. The first-order chi connectivity index (χ1) is 4.74. The predicted molar refractivity (Wildman–Crippen MR) is 40.2 cm³/mol. The van der Waals surface area contributed by atoms with Crippen LogP contribution >= 0.6 is 23.2 Å². The molecule has 0 saturated heterocycles. The molecule has 0 aliphatic rings. The van der Waals surface area contributed by atoms with Crippen molar-refractivity contribution in [3.8, 4) is 0 Å². The SMILES string of the molecule is Clc1ccc(Cl)c([CH2][Zn+])c1.[Br-]. The summed E-state index contributed by atoms with van der Waals surface area (Å²) in [7, 11) is 0. The standard InChI is InChI=1S/C7H5Cl2.BrH.Zn/c1-5-4-6(8)2-3-7(5)9;;/h2-4H,1H2;1H;/q;;+1/p-1. The van der Waals surface area contributed by atoms with Crippen molar-refractivity contribution in [2.45, 2.75) is 5.02 Å². The monoisotopic (exact) mass is 302 g/mol. The molecule has 0 amide bonds. The molecule has 0 aliphatic carbocycles. The van der Waals surface area contributed by atoms with Gasteiger partial charge in [-0.25, -0.2) is 0 Å². The third-order valence-electron chi connectivity index (χ3n) is 1.28. The van der Waals surface area contributed by atoms with E-state index < -0.39 is 0 Å². The Hall–Kier alpha value is 0.903. The third-order valence-corrected chi connectivity index (χ3v) is 3.01. The molecule has 1 aromatic rings. The topological polar surface area (TPSA) is 0 Å². The van der Waals surface area contributed by atoms with Gasteiger partial charge in [0.15, 0.2) is 0 Å². The van der Waals surface area contributed by atoms with Crippen LogP contribution in [-0.4, -0.2) is 0 Å². The van der Waals surface area contributed by atoms with Gasteiger partial charge in [-0.15, -0.1) is 0 Å². The zero-order chi connectivity index (χ0) is 7.56. The Bertz CT molecular complexity index is 240. The maximum Gasteiger partial charge on any atom is -1.00 e. The Morgan fingerprint density at radius 1 is 1.27 bits per heavy atom. The van der Waals surface area contributed by atoms with Crippen molar-refractivity contribution in [3.05, 3.63) is 33.8 Å². The summed E-state index contributed by atoms with van der Waals surface area (Å²) in [6, 6.07) is 5.57. The van der Waals surface area contributed by atoms with Gasteiger partial charge >= 0.3 is 80.3 Å². The molecule has 0 saturated carbocycles. The summed E-state index contributed by atoms with van der Waals surface area (Å²) in [4.78, 5) is 0. The van der Waals surface area contributed by atoms with Crippen LogP contribution in [0.2, 0.25) is 10.0 Å². The summed E-state index contributed by atoms with van der Waals surface area (Å²) >= 11 is 12.8. The van der Waals surface area contributed by atoms with E-state index in [0.29, 0.717) is 0 Å². The van der Waals surface area contributed by atoms with Gasteiger partial charge in [0.2, 0.25) is 0 Å². The van der Waals surface area contributed by atoms with Gasteiger partial charge in [-0.1, -0.05) is 0 Å². The Kier molecular flexibility index (Phi) is 5.99. The number of hydrogen-bond acceptors (Lipinski definition) is 0. The molecule has 0 unspecified atom stereocenters. The fraction of sp³-hybridized carbons (Fsp3) is 0.143. The van der Waals surface area contributed by atoms with E-state index in [1.807, 2.05) is 18.2 Å². The fourth-order valence-electron chi connectivity index (χ4n) is 0.735. The van der Waals surface area contributed by atoms with Crippen LogP contribution in [-0.2, 0) is 23.3 Å². The molecule has 0 radical (unpaired) electrons. The molecule has 0 N–H and O–H groups in total. The van der Waals surface area contributed by atoms with Gasteiger partial charge in [0.05, 0.1) is 0 Å². The molecule has 1 rings (SSSR count). The smallest absolute Gasteiger partial charge is 1.00 e. The first kappa shape index (κ1) is 11.9. The van der Waals surface area contributed by atoms with Crippen molar-refractivity contribution in [3.63, 3.8) is 0 Å². The summed E-state index contributed by atoms with van der Waals surface area (Å²) in [5.41, 5.74) is 1.16. The van der Waals surface area contributed by atoms with E-state index >= 15 is 0 Å². The van der Waals surface area contributed by atoms with Crippen LogP contribution in [0, 0.1) is 0 Å². The number of benzene rings is 1. The van der Waals surface area contributed by atoms with E-state index in [9.17, 15) is 0 Å². The minimum Gasteiger partial charge on any atom is -1.00 e. The van der Waals surface area contributed by atoms with Gasteiger partial charge in [0, 0.05) is 0 Å². The van der Waals surface area contributed by atoms with Crippen molar-refractivity contribution < 1.29 is 35.3 Å². The van der Waals surface area contributed by atoms with E-state index in [2.05, 4.69) is 0 Å². The summed E-state index contributed by atoms with van der Waals surface area (Å²) in [5.74, 6) is 0. The van der Waals surface area contributed by atoms with E-state index in [0.717, 1.165) is 20.6 Å². The number of rotatable bonds is 1. The normalized spacial score (nSPS) is 9.09. The van der Waals surface area contributed by atoms with E-state index in [1.54, 1.807) is 0 Å². The Balaban J connectivity index is 0.000001000. The van der Waals surface area contributed by atoms with Crippen molar-refractivity contribution >= 4 is 23.2 Å². The number of hydrogen-bond donors (Lipinski definition) is 0. The van der Waals surface area contributed by atoms with E-state index in [4.69, 9.17) is 23.2 Å². The van der Waals surface area contributed by atoms with Gasteiger partial charge < -0.3 is 17.0 Å². The summed E-state index contributed by atoms with van der Waals surface area (Å²) in [5, 5.41) is 2.66.